The number of nitrogens with one attached hydrogen (secondary N) is 2. The predicted octanol–water partition coefficient (Wildman–Crippen LogP) is 2.11. The van der Waals surface area contributed by atoms with Gasteiger partial charge < -0.3 is 20.3 Å². The molecule has 4 atom stereocenters. The Morgan fingerprint density at radius 1 is 1.31 bits per heavy atom. The fourth-order valence-electron chi connectivity index (χ4n) is 5.71. The standard InChI is InChI=1S/C23H29N7O2/c1-22(7-8-22)28-19-17-16(4-9-29(2)20(17)32)26-21(27-19)25-15-11-24-30(12-15)18-14(13-31)10-23(18)5-3-6-23/h4,9,11-14,16-18H,3,5-8,10H2,1-2H3,(H2,25,26,27,28). The molecule has 168 valence electrons. The van der Waals surface area contributed by atoms with Crippen LogP contribution in [0.15, 0.2) is 34.7 Å². The first kappa shape index (κ1) is 19.7. The lowest BCUT2D eigenvalue weighted by Gasteiger charge is -2.58. The van der Waals surface area contributed by atoms with Crippen molar-refractivity contribution in [1.82, 2.24) is 20.0 Å². The number of anilines is 1. The highest BCUT2D eigenvalue weighted by molar-refractivity contribution is 6.15. The summed E-state index contributed by atoms with van der Waals surface area (Å²) in [5, 5.41) is 11.2. The van der Waals surface area contributed by atoms with Crippen LogP contribution in [0, 0.1) is 17.3 Å². The molecule has 1 aromatic heterocycles. The summed E-state index contributed by atoms with van der Waals surface area (Å²) >= 11 is 0. The molecule has 1 amide bonds. The first-order valence-corrected chi connectivity index (χ1v) is 11.6. The van der Waals surface area contributed by atoms with Crippen molar-refractivity contribution in [3.63, 3.8) is 0 Å². The molecule has 0 radical (unpaired) electrons. The topological polar surface area (TPSA) is 104 Å². The fraction of sp³-hybridized carbons (Fsp3) is 0.609. The van der Waals surface area contributed by atoms with Gasteiger partial charge in [0, 0.05) is 25.4 Å². The van der Waals surface area contributed by atoms with Crippen molar-refractivity contribution in [2.24, 2.45) is 27.2 Å². The number of amidine groups is 1. The van der Waals surface area contributed by atoms with Gasteiger partial charge in [-0.15, -0.1) is 0 Å². The first-order chi connectivity index (χ1) is 15.4. The fourth-order valence-corrected chi connectivity index (χ4v) is 5.71. The molecule has 9 nitrogen and oxygen atoms in total. The summed E-state index contributed by atoms with van der Waals surface area (Å²) < 4.78 is 1.95. The Bertz CT molecular complexity index is 1060. The maximum absolute atomic E-state index is 12.8. The summed E-state index contributed by atoms with van der Waals surface area (Å²) in [7, 11) is 1.76. The molecule has 5 aliphatic rings. The summed E-state index contributed by atoms with van der Waals surface area (Å²) in [6.07, 6.45) is 15.2. The molecule has 32 heavy (non-hydrogen) atoms. The van der Waals surface area contributed by atoms with E-state index < -0.39 is 5.92 Å². The highest BCUT2D eigenvalue weighted by Gasteiger charge is 2.58. The highest BCUT2D eigenvalue weighted by Crippen LogP contribution is 2.64. The minimum Gasteiger partial charge on any atom is -0.323 e. The molecule has 0 bridgehead atoms. The van der Waals surface area contributed by atoms with E-state index in [4.69, 9.17) is 9.98 Å². The van der Waals surface area contributed by atoms with Crippen molar-refractivity contribution in [3.8, 4) is 0 Å². The van der Waals surface area contributed by atoms with E-state index >= 15 is 0 Å². The van der Waals surface area contributed by atoms with Gasteiger partial charge in [-0.05, 0) is 50.5 Å². The smallest absolute Gasteiger partial charge is 0.239 e. The number of amides is 1. The average Bonchev–Trinajstić information content (AvgIpc) is 3.26. The van der Waals surface area contributed by atoms with Crippen molar-refractivity contribution in [3.05, 3.63) is 24.7 Å². The molecule has 3 heterocycles. The van der Waals surface area contributed by atoms with Crippen LogP contribution in [0.5, 0.6) is 0 Å². The summed E-state index contributed by atoms with van der Waals surface area (Å²) in [5.74, 6) is 0.864. The van der Waals surface area contributed by atoms with Crippen LogP contribution in [0.2, 0.25) is 0 Å². The van der Waals surface area contributed by atoms with E-state index in [0.29, 0.717) is 11.8 Å². The number of hydrogen-bond donors (Lipinski definition) is 2. The first-order valence-electron chi connectivity index (χ1n) is 11.6. The van der Waals surface area contributed by atoms with Gasteiger partial charge in [-0.3, -0.25) is 14.5 Å². The molecule has 3 saturated carbocycles. The van der Waals surface area contributed by atoms with Crippen molar-refractivity contribution in [1.29, 1.82) is 0 Å². The Kier molecular flexibility index (Phi) is 4.16. The van der Waals surface area contributed by atoms with Crippen molar-refractivity contribution < 1.29 is 9.59 Å². The molecule has 4 unspecified atom stereocenters. The number of carbonyl (C=O) groups is 2. The van der Waals surface area contributed by atoms with E-state index in [9.17, 15) is 9.59 Å². The Hall–Kier alpha value is -2.97. The summed E-state index contributed by atoms with van der Waals surface area (Å²) in [6.45, 7) is 2.12. The number of nitrogens with zero attached hydrogens (tertiary/aromatic N) is 5. The third-order valence-electron chi connectivity index (χ3n) is 7.99. The molecule has 3 fully saturated rings. The largest absolute Gasteiger partial charge is 0.323 e. The van der Waals surface area contributed by atoms with Crippen LogP contribution in [0.4, 0.5) is 5.69 Å². The molecule has 1 aromatic rings. The third kappa shape index (κ3) is 3.01. The van der Waals surface area contributed by atoms with Gasteiger partial charge in [-0.2, -0.15) is 5.10 Å². The Morgan fingerprint density at radius 3 is 2.81 bits per heavy atom. The number of carbonyl (C=O) groups excluding carboxylic acids is 2. The minimum atomic E-state index is -0.419. The van der Waals surface area contributed by atoms with Crippen molar-refractivity contribution in [2.75, 3.05) is 12.4 Å². The maximum atomic E-state index is 12.8. The lowest BCUT2D eigenvalue weighted by Crippen LogP contribution is -2.55. The van der Waals surface area contributed by atoms with E-state index in [2.05, 4.69) is 22.7 Å². The lowest BCUT2D eigenvalue weighted by atomic mass is 9.49. The Morgan fingerprint density at radius 2 is 2.12 bits per heavy atom. The number of guanidine groups is 1. The van der Waals surface area contributed by atoms with Gasteiger partial charge in [-0.1, -0.05) is 6.42 Å². The normalized spacial score (nSPS) is 34.8. The van der Waals surface area contributed by atoms with Crippen LogP contribution < -0.4 is 10.6 Å². The second kappa shape index (κ2) is 6.76. The molecule has 3 aliphatic carbocycles. The quantitative estimate of drug-likeness (QED) is 0.705. The zero-order chi connectivity index (χ0) is 22.1. The molecule has 2 aliphatic heterocycles. The molecule has 6 rings (SSSR count). The van der Waals surface area contributed by atoms with Crippen LogP contribution in [0.25, 0.3) is 0 Å². The number of rotatable bonds is 4. The van der Waals surface area contributed by atoms with E-state index in [0.717, 1.165) is 31.2 Å². The minimum absolute atomic E-state index is 0.000644. The average molecular weight is 436 g/mol. The van der Waals surface area contributed by atoms with Crippen molar-refractivity contribution in [2.45, 2.75) is 63.1 Å². The van der Waals surface area contributed by atoms with E-state index in [-0.39, 0.29) is 34.9 Å². The molecule has 9 heteroatoms. The summed E-state index contributed by atoms with van der Waals surface area (Å²) in [5.41, 5.74) is 0.966. The van der Waals surface area contributed by atoms with Crippen LogP contribution in [0.3, 0.4) is 0 Å². The van der Waals surface area contributed by atoms with E-state index in [1.807, 2.05) is 17.0 Å². The van der Waals surface area contributed by atoms with E-state index in [1.54, 1.807) is 24.3 Å². The SMILES string of the molecule is CN1C=CC2N=C(Nc3cnn(C4C(C=O)CC45CCC5)c3)NC(=NC3(C)CC3)C2C1=O. The summed E-state index contributed by atoms with van der Waals surface area (Å²) in [6, 6.07) is -0.140. The van der Waals surface area contributed by atoms with Gasteiger partial charge >= 0.3 is 0 Å². The van der Waals surface area contributed by atoms with Crippen molar-refractivity contribution >= 4 is 29.7 Å². The van der Waals surface area contributed by atoms with Gasteiger partial charge in [0.25, 0.3) is 0 Å². The number of hydrogen-bond acceptors (Lipinski definition) is 6. The Labute approximate surface area is 187 Å². The molecule has 0 saturated heterocycles. The predicted molar refractivity (Wildman–Crippen MR) is 120 cm³/mol. The van der Waals surface area contributed by atoms with Crippen LogP contribution in [-0.4, -0.2) is 57.3 Å². The Balaban J connectivity index is 1.25. The van der Waals surface area contributed by atoms with Crippen LogP contribution in [0.1, 0.15) is 51.5 Å². The number of aliphatic imine (C=N–C) groups is 2. The lowest BCUT2D eigenvalue weighted by molar-refractivity contribution is -0.136. The molecule has 2 N–H and O–H groups in total. The number of aldehydes is 1. The number of aromatic nitrogens is 2. The van der Waals surface area contributed by atoms with Gasteiger partial charge in [0.15, 0.2) is 0 Å². The summed E-state index contributed by atoms with van der Waals surface area (Å²) in [4.78, 5) is 35.6. The van der Waals surface area contributed by atoms with Gasteiger partial charge in [0.1, 0.15) is 18.0 Å². The zero-order valence-electron chi connectivity index (χ0n) is 18.5. The zero-order valence-corrected chi connectivity index (χ0v) is 18.5. The van der Waals surface area contributed by atoms with Gasteiger partial charge in [-0.25, -0.2) is 4.99 Å². The number of fused-ring (bicyclic) bond motifs is 1. The molecular formula is C23H29N7O2. The van der Waals surface area contributed by atoms with Crippen LogP contribution in [-0.2, 0) is 9.59 Å². The molecular weight excluding hydrogens is 406 g/mol. The van der Waals surface area contributed by atoms with Gasteiger partial charge in [0.2, 0.25) is 11.9 Å². The monoisotopic (exact) mass is 435 g/mol. The molecule has 1 spiro atoms. The second-order valence-corrected chi connectivity index (χ2v) is 10.4. The van der Waals surface area contributed by atoms with E-state index in [1.165, 1.54) is 19.3 Å². The highest BCUT2D eigenvalue weighted by atomic mass is 16.2. The molecule has 0 aromatic carbocycles. The van der Waals surface area contributed by atoms with Crippen LogP contribution >= 0.6 is 0 Å². The maximum Gasteiger partial charge on any atom is 0.239 e. The third-order valence-corrected chi connectivity index (χ3v) is 7.99. The second-order valence-electron chi connectivity index (χ2n) is 10.4. The van der Waals surface area contributed by atoms with Gasteiger partial charge in [0.05, 0.1) is 29.5 Å².